The Morgan fingerprint density at radius 2 is 0.512 bits per heavy atom. The minimum Gasteiger partial charge on any atom is -0.508 e. The van der Waals surface area contributed by atoms with Crippen LogP contribution in [0.1, 0.15) is 224 Å². The molecule has 10 aromatic rings. The summed E-state index contributed by atoms with van der Waals surface area (Å²) in [5.41, 5.74) is 16.6. The zero-order valence-corrected chi connectivity index (χ0v) is 77.8. The number of ketones is 5. The Balaban J connectivity index is 0.000000152. The first-order chi connectivity index (χ1) is 60.6. The Hall–Kier alpha value is -8.83. The van der Waals surface area contributed by atoms with Crippen LogP contribution in [0, 0.1) is 13.8 Å². The number of halogens is 2. The molecule has 28 heteroatoms. The number of benzene rings is 5. The van der Waals surface area contributed by atoms with E-state index in [1.54, 1.807) is 36.4 Å². The fourth-order valence-corrected chi connectivity index (χ4v) is 19.7. The zero-order chi connectivity index (χ0) is 88.2. The zero-order valence-electron chi connectivity index (χ0n) is 71.4. The summed E-state index contributed by atoms with van der Waals surface area (Å²) in [6, 6.07) is 38.2. The molecule has 5 aromatic carbocycles. The molecular weight excluding hydrogens is 1760 g/mol. The van der Waals surface area contributed by atoms with Gasteiger partial charge in [-0.15, -0.1) is 0 Å². The number of carbonyl (C=O) groups excluding carboxylic acids is 5. The summed E-state index contributed by atoms with van der Waals surface area (Å²) in [5.74, 6) is 5.27. The van der Waals surface area contributed by atoms with Gasteiger partial charge in [-0.25, -0.2) is 24.9 Å². The van der Waals surface area contributed by atoms with Crippen molar-refractivity contribution in [1.82, 2.24) is 49.8 Å². The van der Waals surface area contributed by atoms with Crippen molar-refractivity contribution in [3.05, 3.63) is 278 Å². The lowest BCUT2D eigenvalue weighted by molar-refractivity contribution is -0.119. The number of carbonyl (C=O) groups is 5. The number of phenols is 1. The monoisotopic (exact) mass is 1870 g/mol. The van der Waals surface area contributed by atoms with Crippen LogP contribution in [-0.4, -0.2) is 113 Å². The van der Waals surface area contributed by atoms with E-state index in [4.69, 9.17) is 11.6 Å². The maximum Gasteiger partial charge on any atom is 0.254 e. The van der Waals surface area contributed by atoms with Crippen molar-refractivity contribution in [3.8, 4) is 5.75 Å². The molecule has 5 aliphatic carbocycles. The SMILES string of the molecule is Cc1ccc(CC(=O)CCCSc2nc3c(c(=O)[nH]2)CCCC3)cc1.Cc1ccc(CC(=O)CCCSc2nc3c(c(=O)[nH]2)CCCC3)cc1.O=C(CCCSc1nc2c(c(=O)[nH]1)CCCC2)Cc1ccc(Br)cc1.O=C(CCCSc1nc2c(c(=O)[nH]1)CCCC2)Cc1ccc(Cl)cc1.O=C(CCCSc1nc2c(c(=O)[nH]1)CCCC2)Cc1ccc(O)cc1. The number of thioether (sulfide) groups is 5. The predicted octanol–water partition coefficient (Wildman–Crippen LogP) is 18.4. The summed E-state index contributed by atoms with van der Waals surface area (Å²) in [6.45, 7) is 4.09. The number of hydrogen-bond donors (Lipinski definition) is 6. The number of fused-ring (bicyclic) bond motifs is 5. The quantitative estimate of drug-likeness (QED) is 0.0122. The van der Waals surface area contributed by atoms with E-state index in [-0.39, 0.29) is 62.5 Å². The number of aromatic nitrogens is 10. The summed E-state index contributed by atoms with van der Waals surface area (Å²) in [6.07, 6.45) is 28.5. The van der Waals surface area contributed by atoms with Gasteiger partial charge in [-0.3, -0.25) is 47.9 Å². The molecule has 0 atom stereocenters. The van der Waals surface area contributed by atoms with E-state index in [2.05, 4.69) is 65.8 Å². The molecule has 0 fully saturated rings. The summed E-state index contributed by atoms with van der Waals surface area (Å²) in [7, 11) is 0. The molecule has 0 radical (unpaired) electrons. The molecule has 21 nitrogen and oxygen atoms in total. The summed E-state index contributed by atoms with van der Waals surface area (Å²) < 4.78 is 1.02. The summed E-state index contributed by atoms with van der Waals surface area (Å²) >= 11 is 16.9. The molecule has 0 bridgehead atoms. The number of H-pyrrole nitrogens is 5. The Bertz CT molecular complexity index is 4800. The molecule has 6 N–H and O–H groups in total. The Morgan fingerprint density at radius 3 is 0.744 bits per heavy atom. The van der Waals surface area contributed by atoms with Gasteiger partial charge in [0.2, 0.25) is 0 Å². The average Bonchev–Trinajstić information content (AvgIpc) is 0.838. The number of aromatic hydroxyl groups is 1. The Morgan fingerprint density at radius 1 is 0.312 bits per heavy atom. The topological polar surface area (TPSA) is 334 Å². The predicted molar refractivity (Wildman–Crippen MR) is 507 cm³/mol. The molecular formula is C97H112BrClN10O11S5. The number of aromatic amines is 5. The molecule has 5 aromatic heterocycles. The fraction of sp³-hybridized carbons (Fsp3) is 0.433. The van der Waals surface area contributed by atoms with Crippen molar-refractivity contribution in [1.29, 1.82) is 0 Å². The highest BCUT2D eigenvalue weighted by Gasteiger charge is 2.22. The van der Waals surface area contributed by atoms with Crippen molar-refractivity contribution >= 4 is 115 Å². The lowest BCUT2D eigenvalue weighted by Gasteiger charge is -2.14. The minimum atomic E-state index is -0.00407. The van der Waals surface area contributed by atoms with Crippen LogP contribution >= 0.6 is 86.3 Å². The van der Waals surface area contributed by atoms with E-state index in [0.29, 0.717) is 95.0 Å². The summed E-state index contributed by atoms with van der Waals surface area (Å²) in [5, 5.41) is 13.3. The van der Waals surface area contributed by atoms with Gasteiger partial charge in [-0.1, -0.05) is 182 Å². The molecule has 0 unspecified atom stereocenters. The van der Waals surface area contributed by atoms with Crippen LogP contribution < -0.4 is 27.8 Å². The first-order valence-corrected chi connectivity index (χ1v) is 49.9. The van der Waals surface area contributed by atoms with E-state index < -0.39 is 0 Å². The normalized spacial score (nSPS) is 13.5. The molecule has 5 heterocycles. The largest absolute Gasteiger partial charge is 0.508 e. The highest BCUT2D eigenvalue weighted by molar-refractivity contribution is 9.10. The maximum absolute atomic E-state index is 12.1. The van der Waals surface area contributed by atoms with Crippen LogP contribution in [-0.2, 0) is 120 Å². The summed E-state index contributed by atoms with van der Waals surface area (Å²) in [4.78, 5) is 158. The van der Waals surface area contributed by atoms with E-state index in [9.17, 15) is 53.1 Å². The van der Waals surface area contributed by atoms with Crippen LogP contribution in [0.5, 0.6) is 5.75 Å². The van der Waals surface area contributed by atoms with Crippen molar-refractivity contribution < 1.29 is 29.1 Å². The molecule has 5 aliphatic rings. The van der Waals surface area contributed by atoms with Crippen molar-refractivity contribution in [2.45, 2.75) is 264 Å². The van der Waals surface area contributed by atoms with Gasteiger partial charge in [0, 0.05) is 130 Å². The van der Waals surface area contributed by atoms with Crippen LogP contribution in [0.4, 0.5) is 0 Å². The van der Waals surface area contributed by atoms with Gasteiger partial charge >= 0.3 is 0 Å². The highest BCUT2D eigenvalue weighted by atomic mass is 79.9. The number of hydrogen-bond acceptors (Lipinski definition) is 21. The number of Topliss-reactive ketones (excluding diaryl/α,β-unsaturated/α-hetero) is 5. The number of nitrogens with zero attached hydrogens (tertiary/aromatic N) is 5. The van der Waals surface area contributed by atoms with Gasteiger partial charge < -0.3 is 30.0 Å². The average molecular weight is 1870 g/mol. The molecule has 0 saturated carbocycles. The molecule has 0 amide bonds. The smallest absolute Gasteiger partial charge is 0.254 e. The third kappa shape index (κ3) is 33.1. The van der Waals surface area contributed by atoms with E-state index in [0.717, 1.165) is 278 Å². The van der Waals surface area contributed by atoms with Crippen molar-refractivity contribution in [2.24, 2.45) is 0 Å². The van der Waals surface area contributed by atoms with E-state index in [1.807, 2.05) is 98.8 Å². The second kappa shape index (κ2) is 51.2. The van der Waals surface area contributed by atoms with Crippen molar-refractivity contribution in [2.75, 3.05) is 28.8 Å². The van der Waals surface area contributed by atoms with E-state index >= 15 is 0 Å². The second-order valence-electron chi connectivity index (χ2n) is 32.2. The van der Waals surface area contributed by atoms with Crippen LogP contribution in [0.15, 0.2) is 176 Å². The van der Waals surface area contributed by atoms with Gasteiger partial charge in [0.1, 0.15) is 34.7 Å². The van der Waals surface area contributed by atoms with E-state index in [1.165, 1.54) is 69.9 Å². The first-order valence-electron chi connectivity index (χ1n) is 43.8. The van der Waals surface area contributed by atoms with Crippen LogP contribution in [0.25, 0.3) is 0 Å². The fourth-order valence-electron chi connectivity index (χ4n) is 15.2. The third-order valence-corrected chi connectivity index (χ3v) is 27.6. The molecule has 0 aliphatic heterocycles. The van der Waals surface area contributed by atoms with Gasteiger partial charge in [0.25, 0.3) is 27.8 Å². The standard InChI is InChI=1S/2C20H24N2O2S.C19H21BrN2O2S.C19H21ClN2O2S.C19H22N2O3S/c2*1-14-8-10-15(11-9-14)13-16(23)5-4-12-25-20-21-18-7-3-2-6-17(18)19(24)22-20;2*20-14-9-7-13(8-10-14)12-15(23)4-3-11-25-19-21-17-6-2-1-5-16(17)18(24)22-19;22-14-9-7-13(8-10-14)12-15(23)4-3-11-25-19-20-17-6-2-1-5-16(17)18(24)21-19/h2*8-11H,2-7,12-13H2,1H3,(H,21,22,24);2*7-10H,1-6,11-12H2,(H,21,22,24);7-10,22H,1-6,11-12H2,(H,20,21,24). The van der Waals surface area contributed by atoms with Gasteiger partial charge in [-0.2, -0.15) is 0 Å². The Labute approximate surface area is 764 Å². The minimum absolute atomic E-state index is 0.00407. The molecule has 660 valence electrons. The first kappa shape index (κ1) is 96.8. The molecule has 0 saturated heterocycles. The lowest BCUT2D eigenvalue weighted by Crippen LogP contribution is -2.21. The number of phenolic OH excluding ortho intramolecular Hbond substituents is 1. The number of nitrogens with one attached hydrogen (secondary N) is 5. The Kier molecular flexibility index (Phi) is 39.7. The van der Waals surface area contributed by atoms with Crippen LogP contribution in [0.3, 0.4) is 0 Å². The maximum atomic E-state index is 12.1. The molecule has 125 heavy (non-hydrogen) atoms. The van der Waals surface area contributed by atoms with Gasteiger partial charge in [-0.05, 0) is 239 Å². The number of rotatable bonds is 35. The second-order valence-corrected chi connectivity index (χ2v) is 39.0. The number of aryl methyl sites for hydroxylation is 7. The third-order valence-electron chi connectivity index (χ3n) is 22.1. The molecule has 0 spiro atoms. The van der Waals surface area contributed by atoms with Crippen LogP contribution in [0.2, 0.25) is 5.02 Å². The molecule has 15 rings (SSSR count). The van der Waals surface area contributed by atoms with Gasteiger partial charge in [0.15, 0.2) is 25.8 Å². The lowest BCUT2D eigenvalue weighted by atomic mass is 9.97. The van der Waals surface area contributed by atoms with Gasteiger partial charge in [0.05, 0.1) is 28.5 Å². The highest BCUT2D eigenvalue weighted by Crippen LogP contribution is 2.28. The van der Waals surface area contributed by atoms with Crippen molar-refractivity contribution in [3.63, 3.8) is 0 Å².